The molecule has 0 bridgehead atoms. The van der Waals surface area contributed by atoms with Crippen LogP contribution in [0.25, 0.3) is 0 Å². The fraction of sp³-hybridized carbons (Fsp3) is 0.0909. The average Bonchev–Trinajstić information content (AvgIpc) is 3.14. The Morgan fingerprint density at radius 2 is 0.679 bits per heavy atom. The standard InChI is InChI=1S/2C17H14NP.2C5H8O2.Ru/c2*1-3-9-15(10-4-1)19(16-11-5-2-6-12-16)17-13-7-8-14-18-17;2*1-4(6)3-5(2)7;/h2*1-14H;2*3,6H,1-2H3;/b;;2*4-3-;. The zero-order valence-electron chi connectivity index (χ0n) is 30.2. The van der Waals surface area contributed by atoms with Crippen LogP contribution in [0.4, 0.5) is 0 Å². The van der Waals surface area contributed by atoms with E-state index in [-0.39, 0.29) is 42.6 Å². The minimum atomic E-state index is -0.557. The second-order valence-electron chi connectivity index (χ2n) is 11.2. The van der Waals surface area contributed by atoms with Crippen molar-refractivity contribution in [2.45, 2.75) is 27.7 Å². The van der Waals surface area contributed by atoms with Crippen LogP contribution in [-0.2, 0) is 29.1 Å². The van der Waals surface area contributed by atoms with Gasteiger partial charge in [-0.25, -0.2) is 0 Å². The third-order valence-electron chi connectivity index (χ3n) is 6.64. The summed E-state index contributed by atoms with van der Waals surface area (Å²) in [7, 11) is -1.11. The van der Waals surface area contributed by atoms with E-state index in [0.29, 0.717) is 0 Å². The molecule has 0 aliphatic heterocycles. The van der Waals surface area contributed by atoms with Crippen LogP contribution in [0.1, 0.15) is 27.7 Å². The number of carbonyl (C=O) groups is 2. The minimum absolute atomic E-state index is 0. The predicted octanol–water partition coefficient (Wildman–Crippen LogP) is 7.75. The van der Waals surface area contributed by atoms with Crippen LogP contribution in [0.3, 0.4) is 0 Å². The Labute approximate surface area is 328 Å². The Morgan fingerprint density at radius 1 is 0.434 bits per heavy atom. The topological polar surface area (TPSA) is 100 Å². The van der Waals surface area contributed by atoms with Crippen molar-refractivity contribution in [2.24, 2.45) is 0 Å². The van der Waals surface area contributed by atoms with Crippen LogP contribution in [-0.4, -0.2) is 31.7 Å². The molecule has 0 amide bonds. The molecule has 2 N–H and O–H groups in total. The number of pyridine rings is 2. The summed E-state index contributed by atoms with van der Waals surface area (Å²) < 4.78 is 0. The maximum absolute atomic E-state index is 10.0. The summed E-state index contributed by atoms with van der Waals surface area (Å²) in [5.74, 6) is -0.125. The van der Waals surface area contributed by atoms with Gasteiger partial charge in [0, 0.05) is 59.9 Å². The van der Waals surface area contributed by atoms with E-state index in [1.807, 2.05) is 24.5 Å². The molecule has 2 heterocycles. The summed E-state index contributed by atoms with van der Waals surface area (Å²) >= 11 is 0. The number of hydrogen-bond donors (Lipinski definition) is 2. The van der Waals surface area contributed by atoms with Crippen LogP contribution in [0.15, 0.2) is 194 Å². The first kappa shape index (κ1) is 44.2. The summed E-state index contributed by atoms with van der Waals surface area (Å²) in [6.07, 6.45) is 6.08. The Bertz CT molecular complexity index is 1630. The first-order chi connectivity index (χ1) is 25.2. The molecule has 272 valence electrons. The third-order valence-corrected chi connectivity index (χ3v) is 11.3. The van der Waals surface area contributed by atoms with E-state index >= 15 is 0 Å². The Hall–Kier alpha value is -4.92. The summed E-state index contributed by atoms with van der Waals surface area (Å²) in [6, 6.07) is 54.8. The average molecular weight is 828 g/mol. The minimum Gasteiger partial charge on any atom is -0.512 e. The fourth-order valence-electron chi connectivity index (χ4n) is 4.70. The second kappa shape index (κ2) is 25.1. The SMILES string of the molecule is CC(=O)/C=C(/C)O.CC(=O)/C=C(/C)O.[Ru].c1ccc(P(c2ccccc2)c2ccccn2)cc1.c1ccc(P(c2ccccc2)c2ccccn2)cc1. The van der Waals surface area contributed by atoms with E-state index in [9.17, 15) is 9.59 Å². The summed E-state index contributed by atoms with van der Waals surface area (Å²) in [6.45, 7) is 5.70. The largest absolute Gasteiger partial charge is 0.512 e. The van der Waals surface area contributed by atoms with Gasteiger partial charge in [-0.05, 0) is 73.2 Å². The molecular formula is C44H44N2O4P2Ru. The van der Waals surface area contributed by atoms with Gasteiger partial charge in [-0.3, -0.25) is 19.6 Å². The molecule has 0 atom stereocenters. The number of carbonyl (C=O) groups excluding carboxylic acids is 2. The number of allylic oxidation sites excluding steroid dienone is 4. The van der Waals surface area contributed by atoms with Crippen molar-refractivity contribution in [3.63, 3.8) is 0 Å². The van der Waals surface area contributed by atoms with E-state index in [4.69, 9.17) is 10.2 Å². The maximum atomic E-state index is 10.0. The maximum Gasteiger partial charge on any atom is 0.155 e. The number of benzene rings is 4. The van der Waals surface area contributed by atoms with Crippen LogP contribution >= 0.6 is 15.8 Å². The third kappa shape index (κ3) is 17.0. The van der Waals surface area contributed by atoms with Crippen LogP contribution < -0.4 is 32.1 Å². The molecule has 0 fully saturated rings. The van der Waals surface area contributed by atoms with Gasteiger partial charge in [-0.1, -0.05) is 133 Å². The van der Waals surface area contributed by atoms with E-state index in [1.54, 1.807) is 0 Å². The number of aromatic nitrogens is 2. The van der Waals surface area contributed by atoms with E-state index in [0.717, 1.165) is 10.9 Å². The van der Waals surface area contributed by atoms with Crippen molar-refractivity contribution in [1.82, 2.24) is 9.97 Å². The second-order valence-corrected chi connectivity index (χ2v) is 15.5. The van der Waals surface area contributed by atoms with Crippen molar-refractivity contribution >= 4 is 59.5 Å². The van der Waals surface area contributed by atoms with Gasteiger partial charge in [0.1, 0.15) is 0 Å². The first-order valence-electron chi connectivity index (χ1n) is 16.5. The normalized spacial score (nSPS) is 10.6. The number of aliphatic hydroxyl groups is 2. The number of rotatable bonds is 8. The van der Waals surface area contributed by atoms with Crippen molar-refractivity contribution in [3.05, 3.63) is 194 Å². The van der Waals surface area contributed by atoms with Crippen molar-refractivity contribution in [3.8, 4) is 0 Å². The fourth-order valence-corrected chi connectivity index (χ4v) is 9.07. The molecule has 0 unspecified atom stereocenters. The monoisotopic (exact) mass is 828 g/mol. The van der Waals surface area contributed by atoms with Gasteiger partial charge in [0.05, 0.1) is 22.4 Å². The number of aliphatic hydroxyl groups excluding tert-OH is 2. The molecule has 6 aromatic rings. The first-order valence-corrected chi connectivity index (χ1v) is 19.2. The quantitative estimate of drug-likeness (QED) is 0.0705. The summed E-state index contributed by atoms with van der Waals surface area (Å²) in [4.78, 5) is 29.2. The molecular weight excluding hydrogens is 784 g/mol. The van der Waals surface area contributed by atoms with Gasteiger partial charge in [0.2, 0.25) is 0 Å². The number of ketones is 2. The molecule has 0 aliphatic rings. The van der Waals surface area contributed by atoms with Crippen LogP contribution in [0.2, 0.25) is 0 Å². The van der Waals surface area contributed by atoms with Crippen molar-refractivity contribution in [1.29, 1.82) is 0 Å². The molecule has 0 saturated carbocycles. The van der Waals surface area contributed by atoms with E-state index in [1.165, 1.54) is 61.1 Å². The van der Waals surface area contributed by atoms with Gasteiger partial charge in [0.15, 0.2) is 11.6 Å². The van der Waals surface area contributed by atoms with Crippen molar-refractivity contribution < 1.29 is 39.3 Å². The van der Waals surface area contributed by atoms with Crippen LogP contribution in [0.5, 0.6) is 0 Å². The molecule has 6 nitrogen and oxygen atoms in total. The Morgan fingerprint density at radius 3 is 0.849 bits per heavy atom. The number of hydrogen-bond acceptors (Lipinski definition) is 6. The molecule has 4 aromatic carbocycles. The zero-order chi connectivity index (χ0) is 37.6. The van der Waals surface area contributed by atoms with E-state index < -0.39 is 15.8 Å². The van der Waals surface area contributed by atoms with E-state index in [2.05, 4.69) is 156 Å². The molecule has 0 saturated heterocycles. The van der Waals surface area contributed by atoms with Crippen molar-refractivity contribution in [2.75, 3.05) is 0 Å². The Kier molecular flexibility index (Phi) is 21.0. The smallest absolute Gasteiger partial charge is 0.155 e. The summed E-state index contributed by atoms with van der Waals surface area (Å²) in [5.41, 5.74) is 2.30. The van der Waals surface area contributed by atoms with Gasteiger partial charge < -0.3 is 10.2 Å². The summed E-state index contributed by atoms with van der Waals surface area (Å²) in [5, 5.41) is 22.1. The van der Waals surface area contributed by atoms with Gasteiger partial charge in [0.25, 0.3) is 0 Å². The molecule has 0 spiro atoms. The van der Waals surface area contributed by atoms with Crippen LogP contribution in [0, 0.1) is 0 Å². The number of nitrogens with zero attached hydrogens (tertiary/aromatic N) is 2. The molecule has 9 heteroatoms. The molecule has 6 rings (SSSR count). The molecule has 0 aliphatic carbocycles. The molecule has 53 heavy (non-hydrogen) atoms. The molecule has 0 radical (unpaired) electrons. The zero-order valence-corrected chi connectivity index (χ0v) is 33.7. The Balaban J connectivity index is 0.000000269. The molecule has 2 aromatic heterocycles. The van der Waals surface area contributed by atoms with Gasteiger partial charge in [-0.2, -0.15) is 0 Å². The van der Waals surface area contributed by atoms with Gasteiger partial charge >= 0.3 is 0 Å². The van der Waals surface area contributed by atoms with Gasteiger partial charge in [-0.15, -0.1) is 0 Å². The predicted molar refractivity (Wildman–Crippen MR) is 220 cm³/mol.